The third kappa shape index (κ3) is 9.39. The molecule has 3 N–H and O–H groups in total. The summed E-state index contributed by atoms with van der Waals surface area (Å²) in [6, 6.07) is 12.7. The van der Waals surface area contributed by atoms with E-state index in [-0.39, 0.29) is 37.6 Å². The van der Waals surface area contributed by atoms with E-state index < -0.39 is 28.2 Å². The lowest BCUT2D eigenvalue weighted by Crippen LogP contribution is -2.53. The van der Waals surface area contributed by atoms with Crippen molar-refractivity contribution in [3.63, 3.8) is 0 Å². The van der Waals surface area contributed by atoms with Gasteiger partial charge < -0.3 is 35.6 Å². The number of rotatable bonds is 7. The standard InChI is InChI=1S/C38H47F3N7O4S2/c1-36(2,38(39,40)41)26-52-30(42)17-19-43-35-34-29-14-7-6-13-28(29)12-5-3-4-8-20-48(25-37(53-22-11-23-53)18-10-21-51-27-37)32-15-9-16-33(46-32)54(49,50)47-31(45-34)24-44-35/h6-7,9,13-17,19,24H,3-5,8,10-12,18,20-22,25-27,42H2,1-2H3,(H,45,47)/q-1/b30-17+,43-19?/t37-/m0/s1. The molecule has 6 rings (SSSR count). The van der Waals surface area contributed by atoms with Crippen LogP contribution >= 0.6 is 0 Å². The van der Waals surface area contributed by atoms with E-state index in [1.807, 2.05) is 30.3 Å². The molecule has 3 aliphatic heterocycles. The van der Waals surface area contributed by atoms with Crippen LogP contribution in [0.25, 0.3) is 11.3 Å². The van der Waals surface area contributed by atoms with Gasteiger partial charge in [0, 0.05) is 44.2 Å². The molecule has 3 aliphatic rings. The van der Waals surface area contributed by atoms with Crippen LogP contribution < -0.4 is 15.4 Å². The number of allylic oxidation sites excluding steroid dienone is 1. The molecule has 3 aromatic rings. The quantitative estimate of drug-likeness (QED) is 0.149. The summed E-state index contributed by atoms with van der Waals surface area (Å²) in [5.41, 5.74) is 5.76. The summed E-state index contributed by atoms with van der Waals surface area (Å²) in [4.78, 5) is 20.5. The number of halogens is 3. The highest BCUT2D eigenvalue weighted by Gasteiger charge is 2.48. The Labute approximate surface area is 317 Å². The van der Waals surface area contributed by atoms with Crippen LogP contribution in [0, 0.1) is 10.6 Å². The molecule has 1 saturated heterocycles. The van der Waals surface area contributed by atoms with Crippen LogP contribution in [0.3, 0.4) is 0 Å². The number of sulfonamides is 1. The lowest BCUT2D eigenvalue weighted by molar-refractivity contribution is -0.223. The van der Waals surface area contributed by atoms with E-state index in [1.165, 1.54) is 24.6 Å². The molecule has 4 bridgehead atoms. The number of hydrogen-bond acceptors (Lipinski definition) is 11. The van der Waals surface area contributed by atoms with Gasteiger partial charge in [0.25, 0.3) is 10.0 Å². The summed E-state index contributed by atoms with van der Waals surface area (Å²) in [5, 5.41) is 3.49. The highest BCUT2D eigenvalue weighted by atomic mass is 32.2. The maximum Gasteiger partial charge on any atom is 0.397 e. The third-order valence-electron chi connectivity index (χ3n) is 9.87. The molecular formula is C38H47F3N7O4S2-. The number of aromatic nitrogens is 3. The van der Waals surface area contributed by atoms with Gasteiger partial charge in [-0.1, -0.05) is 54.3 Å². The van der Waals surface area contributed by atoms with Crippen LogP contribution in [0.5, 0.6) is 0 Å². The topological polar surface area (TPSA) is 145 Å². The van der Waals surface area contributed by atoms with Gasteiger partial charge in [0.2, 0.25) is 0 Å². The van der Waals surface area contributed by atoms with Gasteiger partial charge in [-0.15, -0.1) is 5.75 Å². The molecule has 292 valence electrons. The normalized spacial score (nSPS) is 21.5. The zero-order chi connectivity index (χ0) is 38.4. The average Bonchev–Trinajstić information content (AvgIpc) is 3.11. The Morgan fingerprint density at radius 3 is 2.67 bits per heavy atom. The van der Waals surface area contributed by atoms with Gasteiger partial charge in [-0.05, 0) is 63.6 Å². The van der Waals surface area contributed by atoms with Crippen molar-refractivity contribution >= 4 is 44.0 Å². The molecular weight excluding hydrogens is 740 g/mol. The van der Waals surface area contributed by atoms with E-state index >= 15 is 0 Å². The average molecular weight is 787 g/mol. The predicted molar refractivity (Wildman–Crippen MR) is 207 cm³/mol. The molecule has 0 amide bonds. The molecule has 0 aliphatic carbocycles. The van der Waals surface area contributed by atoms with Crippen molar-refractivity contribution < 1.29 is 31.1 Å². The molecule has 5 heterocycles. The molecule has 0 saturated carbocycles. The fraction of sp³-hybridized carbons (Fsp3) is 0.500. The Kier molecular flexibility index (Phi) is 12.3. The predicted octanol–water partition coefficient (Wildman–Crippen LogP) is 6.90. The largest absolute Gasteiger partial charge is 0.478 e. The molecule has 2 aromatic heterocycles. The number of hydrogen-bond donors (Lipinski definition) is 2. The first kappa shape index (κ1) is 39.6. The zero-order valence-electron chi connectivity index (χ0n) is 30.6. The van der Waals surface area contributed by atoms with Crippen LogP contribution in [0.2, 0.25) is 0 Å². The lowest BCUT2D eigenvalue weighted by Gasteiger charge is -2.53. The van der Waals surface area contributed by atoms with Crippen LogP contribution in [0.4, 0.5) is 30.6 Å². The number of ether oxygens (including phenoxy) is 2. The van der Waals surface area contributed by atoms with Crippen molar-refractivity contribution in [2.75, 3.05) is 48.3 Å². The second kappa shape index (κ2) is 16.7. The van der Waals surface area contributed by atoms with E-state index in [0.29, 0.717) is 18.1 Å². The number of fused-ring (bicyclic) bond motifs is 6. The Morgan fingerprint density at radius 2 is 1.93 bits per heavy atom. The van der Waals surface area contributed by atoms with Crippen LogP contribution in [0.1, 0.15) is 64.4 Å². The minimum absolute atomic E-state index is 0.0208. The fourth-order valence-corrected chi connectivity index (χ4v) is 9.59. The van der Waals surface area contributed by atoms with Crippen LogP contribution in [-0.2, 0) is 36.2 Å². The number of nitrogens with zero attached hydrogens (tertiary/aromatic N) is 5. The second-order valence-corrected chi connectivity index (χ2v) is 18.4. The summed E-state index contributed by atoms with van der Waals surface area (Å²) in [5.74, 6) is 1.57. The van der Waals surface area contributed by atoms with Gasteiger partial charge in [0.15, 0.2) is 22.5 Å². The van der Waals surface area contributed by atoms with E-state index in [4.69, 9.17) is 25.2 Å². The smallest absolute Gasteiger partial charge is 0.397 e. The SMILES string of the molecule is CC(C)(CO/C(N)=C/C=Nc1ncc2nc1-c1ccccc1CCCCCCN(C[C@@]1([S-]3#CCC3)CCCOC1)c1cccc(n1)S(=O)(=O)N2)C(F)(F)F. The number of pyridine rings is 1. The summed E-state index contributed by atoms with van der Waals surface area (Å²) in [6.07, 6.45) is 6.84. The molecule has 1 atom stereocenters. The van der Waals surface area contributed by atoms with E-state index in [9.17, 15) is 21.6 Å². The van der Waals surface area contributed by atoms with Gasteiger partial charge in [0.05, 0.1) is 11.6 Å². The number of aryl methyl sites for hydroxylation is 1. The van der Waals surface area contributed by atoms with E-state index in [1.54, 1.807) is 6.07 Å². The number of nitrogens with one attached hydrogen (secondary N) is 1. The number of alkyl halides is 3. The number of aliphatic imine (C=N–C) groups is 1. The van der Waals surface area contributed by atoms with Crippen LogP contribution in [0.15, 0.2) is 70.6 Å². The first-order valence-corrected chi connectivity index (χ1v) is 21.1. The van der Waals surface area contributed by atoms with E-state index in [2.05, 4.69) is 24.8 Å². The first-order valence-electron chi connectivity index (χ1n) is 18.2. The van der Waals surface area contributed by atoms with Gasteiger partial charge in [0.1, 0.15) is 18.1 Å². The number of nitrogens with two attached hydrogens (primary N) is 1. The van der Waals surface area contributed by atoms with Gasteiger partial charge in [-0.25, -0.2) is 19.9 Å². The van der Waals surface area contributed by atoms with Gasteiger partial charge in [-0.3, -0.25) is 4.72 Å². The van der Waals surface area contributed by atoms with Crippen molar-refractivity contribution in [3.05, 3.63) is 66.2 Å². The summed E-state index contributed by atoms with van der Waals surface area (Å²) < 4.78 is 81.3. The maximum atomic E-state index is 13.9. The molecule has 0 radical (unpaired) electrons. The number of anilines is 2. The summed E-state index contributed by atoms with van der Waals surface area (Å²) >= 11 is 0. The monoisotopic (exact) mass is 786 g/mol. The molecule has 16 heteroatoms. The molecule has 0 spiro atoms. The van der Waals surface area contributed by atoms with Crippen molar-refractivity contribution in [1.82, 2.24) is 15.0 Å². The highest BCUT2D eigenvalue weighted by Crippen LogP contribution is 2.38. The Hall–Kier alpha value is -4.11. The highest BCUT2D eigenvalue weighted by molar-refractivity contribution is 7.92. The Bertz CT molecular complexity index is 2070. The minimum atomic E-state index is -4.47. The lowest BCUT2D eigenvalue weighted by atomic mass is 9.94. The molecule has 11 nitrogen and oxygen atoms in total. The fourth-order valence-electron chi connectivity index (χ4n) is 6.56. The van der Waals surface area contributed by atoms with Crippen molar-refractivity contribution in [3.8, 4) is 16.4 Å². The molecule has 1 fully saturated rings. The number of benzene rings is 1. The summed E-state index contributed by atoms with van der Waals surface area (Å²) in [6.45, 7) is 4.24. The van der Waals surface area contributed by atoms with Crippen molar-refractivity contribution in [2.24, 2.45) is 16.1 Å². The zero-order valence-corrected chi connectivity index (χ0v) is 32.2. The maximum absolute atomic E-state index is 13.9. The third-order valence-corrected chi connectivity index (χ3v) is 13.8. The summed E-state index contributed by atoms with van der Waals surface area (Å²) in [7, 11) is -4.19. The minimum Gasteiger partial charge on any atom is -0.478 e. The molecule has 0 unspecified atom stereocenters. The van der Waals surface area contributed by atoms with Crippen LogP contribution in [-0.4, -0.2) is 79.2 Å². The van der Waals surface area contributed by atoms with E-state index in [0.717, 1.165) is 102 Å². The Morgan fingerprint density at radius 1 is 1.13 bits per heavy atom. The molecule has 54 heavy (non-hydrogen) atoms. The molecule has 1 aromatic carbocycles. The Balaban J connectivity index is 1.32. The van der Waals surface area contributed by atoms with Crippen molar-refractivity contribution in [1.29, 1.82) is 0 Å². The van der Waals surface area contributed by atoms with Gasteiger partial charge in [-0.2, -0.15) is 21.6 Å². The second-order valence-electron chi connectivity index (χ2n) is 14.5. The van der Waals surface area contributed by atoms with Gasteiger partial charge >= 0.3 is 6.18 Å². The van der Waals surface area contributed by atoms with Crippen molar-refractivity contribution in [2.45, 2.75) is 81.2 Å². The first-order chi connectivity index (χ1) is 25.8.